The van der Waals surface area contributed by atoms with Gasteiger partial charge in [-0.15, -0.1) is 0 Å². The van der Waals surface area contributed by atoms with Crippen molar-refractivity contribution in [2.75, 3.05) is 0 Å². The van der Waals surface area contributed by atoms with E-state index >= 15 is 0 Å². The topological polar surface area (TPSA) is 67.5 Å². The van der Waals surface area contributed by atoms with Crippen LogP contribution >= 0.6 is 0 Å². The first-order chi connectivity index (χ1) is 10.6. The Morgan fingerprint density at radius 2 is 1.95 bits per heavy atom. The molecule has 3 rings (SSSR count). The van der Waals surface area contributed by atoms with Crippen LogP contribution in [0.15, 0.2) is 57.9 Å². The summed E-state index contributed by atoms with van der Waals surface area (Å²) in [5, 5.41) is 9.60. The van der Waals surface area contributed by atoms with Crippen molar-refractivity contribution in [1.82, 2.24) is 0 Å². The molecule has 0 saturated carbocycles. The van der Waals surface area contributed by atoms with Gasteiger partial charge in [-0.3, -0.25) is 4.79 Å². The van der Waals surface area contributed by atoms with Crippen molar-refractivity contribution >= 4 is 16.9 Å². The van der Waals surface area contributed by atoms with Gasteiger partial charge in [0, 0.05) is 12.0 Å². The molecule has 0 radical (unpaired) electrons. The van der Waals surface area contributed by atoms with E-state index in [1.54, 1.807) is 43.3 Å². The minimum atomic E-state index is -0.950. The number of hydrogen-bond acceptors (Lipinski definition) is 3. The van der Waals surface area contributed by atoms with Crippen molar-refractivity contribution in [3.05, 3.63) is 81.2 Å². The molecular formula is C18H14O4. The summed E-state index contributed by atoms with van der Waals surface area (Å²) in [6.07, 6.45) is 1.89. The average Bonchev–Trinajstić information content (AvgIpc) is 2.50. The summed E-state index contributed by atoms with van der Waals surface area (Å²) < 4.78 is 5.49. The van der Waals surface area contributed by atoms with E-state index in [0.29, 0.717) is 28.5 Å². The molecule has 0 aliphatic carbocycles. The lowest BCUT2D eigenvalue weighted by Crippen LogP contribution is -2.09. The Bertz CT molecular complexity index is 922. The predicted octanol–water partition coefficient (Wildman–Crippen LogP) is 3.39. The second kappa shape index (κ2) is 5.48. The van der Waals surface area contributed by atoms with Crippen molar-refractivity contribution in [3.8, 4) is 0 Å². The summed E-state index contributed by atoms with van der Waals surface area (Å²) in [7, 11) is 0. The number of carboxylic acids is 1. The van der Waals surface area contributed by atoms with Crippen LogP contribution in [0.2, 0.25) is 0 Å². The molecule has 1 heterocycles. The third-order valence-electron chi connectivity index (χ3n) is 3.67. The number of fused-ring (bicyclic) bond motifs is 1. The zero-order valence-electron chi connectivity index (χ0n) is 12.0. The Labute approximate surface area is 126 Å². The van der Waals surface area contributed by atoms with E-state index in [4.69, 9.17) is 9.52 Å². The standard InChI is InChI=1S/C18H14O4/c1-11-8-12(6-7-14(11)18(20)21)9-13-10-22-16-5-3-2-4-15(16)17(13)19/h2-8,10H,9H2,1H3,(H,20,21). The highest BCUT2D eigenvalue weighted by Gasteiger charge is 2.10. The van der Waals surface area contributed by atoms with E-state index in [1.165, 1.54) is 6.26 Å². The van der Waals surface area contributed by atoms with Crippen LogP contribution in [0.1, 0.15) is 27.0 Å². The molecule has 22 heavy (non-hydrogen) atoms. The SMILES string of the molecule is Cc1cc(Cc2coc3ccccc3c2=O)ccc1C(=O)O. The molecule has 0 bridgehead atoms. The maximum atomic E-state index is 12.4. The Morgan fingerprint density at radius 3 is 2.68 bits per heavy atom. The molecule has 4 nitrogen and oxygen atoms in total. The van der Waals surface area contributed by atoms with Crippen molar-refractivity contribution in [3.63, 3.8) is 0 Å². The summed E-state index contributed by atoms with van der Waals surface area (Å²) in [6.45, 7) is 1.75. The monoisotopic (exact) mass is 294 g/mol. The molecule has 1 aromatic heterocycles. The molecule has 4 heteroatoms. The molecule has 3 aromatic rings. The van der Waals surface area contributed by atoms with Crippen molar-refractivity contribution in [2.24, 2.45) is 0 Å². The van der Waals surface area contributed by atoms with Gasteiger partial charge in [-0.25, -0.2) is 4.79 Å². The number of rotatable bonds is 3. The van der Waals surface area contributed by atoms with Crippen LogP contribution in [-0.2, 0) is 6.42 Å². The quantitative estimate of drug-likeness (QED) is 0.804. The first-order valence-electron chi connectivity index (χ1n) is 6.88. The molecule has 0 saturated heterocycles. The van der Waals surface area contributed by atoms with Gasteiger partial charge in [-0.1, -0.05) is 24.3 Å². The van der Waals surface area contributed by atoms with Gasteiger partial charge in [0.2, 0.25) is 0 Å². The maximum absolute atomic E-state index is 12.4. The molecular weight excluding hydrogens is 280 g/mol. The van der Waals surface area contributed by atoms with Gasteiger partial charge < -0.3 is 9.52 Å². The largest absolute Gasteiger partial charge is 0.478 e. The molecule has 0 aliphatic heterocycles. The fourth-order valence-electron chi connectivity index (χ4n) is 2.54. The molecule has 1 N–H and O–H groups in total. The lowest BCUT2D eigenvalue weighted by atomic mass is 10.00. The Morgan fingerprint density at radius 1 is 1.18 bits per heavy atom. The van der Waals surface area contributed by atoms with Crippen molar-refractivity contribution in [1.29, 1.82) is 0 Å². The third-order valence-corrected chi connectivity index (χ3v) is 3.67. The summed E-state index contributed by atoms with van der Waals surface area (Å²) in [6, 6.07) is 12.2. The Balaban J connectivity index is 2.00. The third kappa shape index (κ3) is 2.51. The van der Waals surface area contributed by atoms with Crippen molar-refractivity contribution < 1.29 is 14.3 Å². The number of aryl methyl sites for hydroxylation is 1. The van der Waals surface area contributed by atoms with Gasteiger partial charge in [-0.05, 0) is 36.2 Å². The smallest absolute Gasteiger partial charge is 0.335 e. The normalized spacial score (nSPS) is 10.8. The van der Waals surface area contributed by atoms with E-state index < -0.39 is 5.97 Å². The minimum Gasteiger partial charge on any atom is -0.478 e. The molecule has 110 valence electrons. The zero-order chi connectivity index (χ0) is 15.7. The van der Waals surface area contributed by atoms with E-state index in [1.807, 2.05) is 6.07 Å². The molecule has 0 aliphatic rings. The number of hydrogen-bond donors (Lipinski definition) is 1. The summed E-state index contributed by atoms with van der Waals surface area (Å²) in [5.41, 5.74) is 2.89. The number of aromatic carboxylic acids is 1. The number of carboxylic acid groups (broad SMARTS) is 1. The van der Waals surface area contributed by atoms with Gasteiger partial charge in [0.1, 0.15) is 5.58 Å². The van der Waals surface area contributed by atoms with Gasteiger partial charge in [0.25, 0.3) is 0 Å². The van der Waals surface area contributed by atoms with E-state index in [2.05, 4.69) is 0 Å². The molecule has 2 aromatic carbocycles. The molecule has 0 fully saturated rings. The fourth-order valence-corrected chi connectivity index (χ4v) is 2.54. The maximum Gasteiger partial charge on any atom is 0.335 e. The van der Waals surface area contributed by atoms with Gasteiger partial charge in [0.15, 0.2) is 5.43 Å². The zero-order valence-corrected chi connectivity index (χ0v) is 12.0. The second-order valence-corrected chi connectivity index (χ2v) is 5.22. The summed E-state index contributed by atoms with van der Waals surface area (Å²) in [5.74, 6) is -0.950. The van der Waals surface area contributed by atoms with Crippen LogP contribution < -0.4 is 5.43 Å². The van der Waals surface area contributed by atoms with Crippen LogP contribution in [0.5, 0.6) is 0 Å². The molecule has 0 unspecified atom stereocenters. The van der Waals surface area contributed by atoms with Gasteiger partial charge in [-0.2, -0.15) is 0 Å². The average molecular weight is 294 g/mol. The van der Waals surface area contributed by atoms with E-state index in [0.717, 1.165) is 5.56 Å². The number of carbonyl (C=O) groups is 1. The molecule has 0 spiro atoms. The minimum absolute atomic E-state index is 0.0539. The van der Waals surface area contributed by atoms with Crippen LogP contribution in [0.25, 0.3) is 11.0 Å². The van der Waals surface area contributed by atoms with Gasteiger partial charge in [0.05, 0.1) is 17.2 Å². The first-order valence-corrected chi connectivity index (χ1v) is 6.88. The lowest BCUT2D eigenvalue weighted by Gasteiger charge is -2.06. The number of benzene rings is 2. The molecule has 0 amide bonds. The first kappa shape index (κ1) is 14.1. The van der Waals surface area contributed by atoms with Crippen molar-refractivity contribution in [2.45, 2.75) is 13.3 Å². The highest BCUT2D eigenvalue weighted by atomic mass is 16.4. The van der Waals surface area contributed by atoms with Crippen LogP contribution in [0, 0.1) is 6.92 Å². The Kier molecular flexibility index (Phi) is 3.51. The Hall–Kier alpha value is -2.88. The molecule has 0 atom stereocenters. The van der Waals surface area contributed by atoms with Crippen LogP contribution in [-0.4, -0.2) is 11.1 Å². The van der Waals surface area contributed by atoms with Gasteiger partial charge >= 0.3 is 5.97 Å². The van der Waals surface area contributed by atoms with Crippen LogP contribution in [0.4, 0.5) is 0 Å². The summed E-state index contributed by atoms with van der Waals surface area (Å²) in [4.78, 5) is 23.5. The summed E-state index contributed by atoms with van der Waals surface area (Å²) >= 11 is 0. The fraction of sp³-hybridized carbons (Fsp3) is 0.111. The highest BCUT2D eigenvalue weighted by Crippen LogP contribution is 2.16. The predicted molar refractivity (Wildman–Crippen MR) is 83.4 cm³/mol. The lowest BCUT2D eigenvalue weighted by molar-refractivity contribution is 0.0696. The highest BCUT2D eigenvalue weighted by molar-refractivity contribution is 5.89. The van der Waals surface area contributed by atoms with Crippen LogP contribution in [0.3, 0.4) is 0 Å². The van der Waals surface area contributed by atoms with E-state index in [9.17, 15) is 9.59 Å². The number of para-hydroxylation sites is 1. The van der Waals surface area contributed by atoms with E-state index in [-0.39, 0.29) is 11.0 Å². The second-order valence-electron chi connectivity index (χ2n) is 5.22.